The Bertz CT molecular complexity index is 1070. The second-order valence-electron chi connectivity index (χ2n) is 7.07. The van der Waals surface area contributed by atoms with Gasteiger partial charge >= 0.3 is 12.0 Å². The van der Waals surface area contributed by atoms with E-state index in [1.165, 1.54) is 12.1 Å². The van der Waals surface area contributed by atoms with E-state index in [2.05, 4.69) is 0 Å². The number of hydrogen-bond donors (Lipinski definition) is 3. The third kappa shape index (κ3) is 3.83. The van der Waals surface area contributed by atoms with E-state index in [1.54, 1.807) is 37.4 Å². The van der Waals surface area contributed by atoms with Gasteiger partial charge in [0, 0.05) is 6.54 Å². The van der Waals surface area contributed by atoms with Crippen LogP contribution in [0.2, 0.25) is 0 Å². The SMILES string of the molecule is COc1cccc(-c2ccc(S(=O)(=O)C3CCN(C(N)=O)CC3(O)C(=O)O)cc2)c1. The van der Waals surface area contributed by atoms with Gasteiger partial charge in [-0.3, -0.25) is 0 Å². The monoisotopic (exact) mass is 434 g/mol. The van der Waals surface area contributed by atoms with Crippen LogP contribution in [0.25, 0.3) is 11.1 Å². The van der Waals surface area contributed by atoms with E-state index in [0.717, 1.165) is 16.0 Å². The summed E-state index contributed by atoms with van der Waals surface area (Å²) in [4.78, 5) is 23.9. The lowest BCUT2D eigenvalue weighted by Gasteiger charge is -2.40. The predicted molar refractivity (Wildman–Crippen MR) is 108 cm³/mol. The summed E-state index contributed by atoms with van der Waals surface area (Å²) in [7, 11) is -2.67. The van der Waals surface area contributed by atoms with Crippen molar-refractivity contribution in [3.8, 4) is 16.9 Å². The Hall–Kier alpha value is -3.11. The third-order valence-electron chi connectivity index (χ3n) is 5.27. The van der Waals surface area contributed by atoms with Crippen molar-refractivity contribution in [1.82, 2.24) is 4.90 Å². The number of piperidine rings is 1. The number of ether oxygens (including phenoxy) is 1. The molecule has 2 atom stereocenters. The molecule has 30 heavy (non-hydrogen) atoms. The molecule has 4 N–H and O–H groups in total. The van der Waals surface area contributed by atoms with Crippen LogP contribution in [0.15, 0.2) is 53.4 Å². The summed E-state index contributed by atoms with van der Waals surface area (Å²) in [5.41, 5.74) is 4.06. The van der Waals surface area contributed by atoms with Crippen LogP contribution in [0, 0.1) is 0 Å². The molecule has 1 heterocycles. The highest BCUT2D eigenvalue weighted by molar-refractivity contribution is 7.92. The zero-order valence-corrected chi connectivity index (χ0v) is 17.0. The normalized spacial score (nSPS) is 21.8. The molecular formula is C20H22N2O7S. The van der Waals surface area contributed by atoms with E-state index < -0.39 is 39.2 Å². The highest BCUT2D eigenvalue weighted by atomic mass is 32.2. The van der Waals surface area contributed by atoms with E-state index in [0.29, 0.717) is 5.75 Å². The van der Waals surface area contributed by atoms with Gasteiger partial charge in [0.2, 0.25) is 0 Å². The number of methoxy groups -OCH3 is 1. The molecule has 1 saturated heterocycles. The number of carboxylic acids is 1. The number of aliphatic carboxylic acids is 1. The van der Waals surface area contributed by atoms with Gasteiger partial charge in [-0.25, -0.2) is 18.0 Å². The summed E-state index contributed by atoms with van der Waals surface area (Å²) >= 11 is 0. The average Bonchev–Trinajstić information content (AvgIpc) is 2.73. The van der Waals surface area contributed by atoms with Crippen molar-refractivity contribution in [1.29, 1.82) is 0 Å². The molecule has 0 radical (unpaired) electrons. The van der Waals surface area contributed by atoms with Crippen LogP contribution in [0.4, 0.5) is 4.79 Å². The van der Waals surface area contributed by atoms with E-state index in [-0.39, 0.29) is 17.9 Å². The first-order valence-electron chi connectivity index (χ1n) is 9.08. The van der Waals surface area contributed by atoms with Crippen molar-refractivity contribution in [3.05, 3.63) is 48.5 Å². The molecule has 2 unspecified atom stereocenters. The van der Waals surface area contributed by atoms with Crippen LogP contribution in [-0.2, 0) is 14.6 Å². The van der Waals surface area contributed by atoms with Crippen molar-refractivity contribution in [2.24, 2.45) is 5.73 Å². The molecule has 2 aromatic rings. The van der Waals surface area contributed by atoms with Gasteiger partial charge in [0.1, 0.15) is 11.0 Å². The summed E-state index contributed by atoms with van der Waals surface area (Å²) in [5, 5.41) is 18.6. The molecule has 1 aliphatic heterocycles. The maximum atomic E-state index is 13.2. The van der Waals surface area contributed by atoms with Crippen LogP contribution in [0.1, 0.15) is 6.42 Å². The van der Waals surface area contributed by atoms with Crippen molar-refractivity contribution in [2.45, 2.75) is 22.2 Å². The molecule has 0 aromatic heterocycles. The lowest BCUT2D eigenvalue weighted by molar-refractivity contribution is -0.162. The Balaban J connectivity index is 1.94. The highest BCUT2D eigenvalue weighted by Gasteiger charge is 2.55. The number of sulfone groups is 1. The second-order valence-corrected chi connectivity index (χ2v) is 9.20. The van der Waals surface area contributed by atoms with Crippen molar-refractivity contribution in [2.75, 3.05) is 20.2 Å². The number of carbonyl (C=O) groups is 2. The number of nitrogens with two attached hydrogens (primary N) is 1. The molecule has 9 nitrogen and oxygen atoms in total. The lowest BCUT2D eigenvalue weighted by Crippen LogP contribution is -2.65. The molecule has 0 aliphatic carbocycles. The molecule has 10 heteroatoms. The van der Waals surface area contributed by atoms with Gasteiger partial charge in [0.25, 0.3) is 0 Å². The second kappa shape index (κ2) is 7.96. The number of nitrogens with zero attached hydrogens (tertiary/aromatic N) is 1. The molecule has 0 spiro atoms. The fourth-order valence-corrected chi connectivity index (χ4v) is 5.54. The van der Waals surface area contributed by atoms with Gasteiger partial charge in [-0.1, -0.05) is 24.3 Å². The number of carbonyl (C=O) groups excluding carboxylic acids is 1. The van der Waals surface area contributed by atoms with Crippen LogP contribution in [0.3, 0.4) is 0 Å². The van der Waals surface area contributed by atoms with Crippen molar-refractivity contribution < 1.29 is 33.0 Å². The van der Waals surface area contributed by atoms with Gasteiger partial charge in [0.05, 0.1) is 18.6 Å². The number of urea groups is 1. The number of carboxylic acid groups (broad SMARTS) is 1. The van der Waals surface area contributed by atoms with E-state index >= 15 is 0 Å². The average molecular weight is 434 g/mol. The summed E-state index contributed by atoms with van der Waals surface area (Å²) in [6.07, 6.45) is -0.258. The molecular weight excluding hydrogens is 412 g/mol. The number of aliphatic hydroxyl groups is 1. The first kappa shape index (κ1) is 21.6. The first-order chi connectivity index (χ1) is 14.1. The predicted octanol–water partition coefficient (Wildman–Crippen LogP) is 1.10. The smallest absolute Gasteiger partial charge is 0.338 e. The van der Waals surface area contributed by atoms with E-state index in [4.69, 9.17) is 10.5 Å². The Morgan fingerprint density at radius 1 is 1.17 bits per heavy atom. The van der Waals surface area contributed by atoms with Crippen molar-refractivity contribution >= 4 is 21.8 Å². The van der Waals surface area contributed by atoms with Gasteiger partial charge < -0.3 is 25.6 Å². The quantitative estimate of drug-likeness (QED) is 0.638. The minimum atomic E-state index is -4.21. The standard InChI is InChI=1S/C20H22N2O7S/c1-29-15-4-2-3-14(11-15)13-5-7-16(8-6-13)30(27,28)17-9-10-22(19(21)25)12-20(17,26)18(23)24/h2-8,11,17,26H,9-10,12H2,1H3,(H2,21,25)(H,23,24). The van der Waals surface area contributed by atoms with Gasteiger partial charge in [0.15, 0.2) is 15.4 Å². The van der Waals surface area contributed by atoms with Gasteiger partial charge in [-0.2, -0.15) is 0 Å². The van der Waals surface area contributed by atoms with Crippen LogP contribution < -0.4 is 10.5 Å². The molecule has 160 valence electrons. The zero-order valence-electron chi connectivity index (χ0n) is 16.2. The topological polar surface area (TPSA) is 147 Å². The minimum absolute atomic E-state index is 0.0727. The first-order valence-corrected chi connectivity index (χ1v) is 10.6. The highest BCUT2D eigenvalue weighted by Crippen LogP contribution is 2.33. The van der Waals surface area contributed by atoms with Gasteiger partial charge in [-0.15, -0.1) is 0 Å². The minimum Gasteiger partial charge on any atom is -0.497 e. The zero-order chi connectivity index (χ0) is 22.1. The molecule has 3 rings (SSSR count). The van der Waals surface area contributed by atoms with Crippen LogP contribution in [0.5, 0.6) is 5.75 Å². The summed E-state index contributed by atoms with van der Waals surface area (Å²) in [6, 6.07) is 12.2. The molecule has 1 aliphatic rings. The summed E-state index contributed by atoms with van der Waals surface area (Å²) in [6.45, 7) is -0.778. The van der Waals surface area contributed by atoms with Gasteiger partial charge in [-0.05, 0) is 41.8 Å². The number of hydrogen-bond acceptors (Lipinski definition) is 6. The van der Waals surface area contributed by atoms with Crippen molar-refractivity contribution in [3.63, 3.8) is 0 Å². The Morgan fingerprint density at radius 2 is 1.83 bits per heavy atom. The van der Waals surface area contributed by atoms with E-state index in [1.807, 2.05) is 6.07 Å². The molecule has 0 saturated carbocycles. The maximum Gasteiger partial charge on any atom is 0.338 e. The molecule has 2 aromatic carbocycles. The molecule has 1 fully saturated rings. The Labute approximate surface area is 173 Å². The fourth-order valence-electron chi connectivity index (χ4n) is 3.59. The Kier molecular flexibility index (Phi) is 5.73. The molecule has 2 amide bonds. The van der Waals surface area contributed by atoms with Crippen LogP contribution in [-0.4, -0.2) is 66.6 Å². The third-order valence-corrected chi connectivity index (χ3v) is 7.57. The fraction of sp³-hybridized carbons (Fsp3) is 0.300. The number of amides is 2. The number of rotatable bonds is 5. The Morgan fingerprint density at radius 3 is 2.40 bits per heavy atom. The lowest BCUT2D eigenvalue weighted by atomic mass is 9.92. The largest absolute Gasteiger partial charge is 0.497 e. The maximum absolute atomic E-state index is 13.2. The number of primary amides is 1. The number of β-amino-alcohol motifs (C(OH)–C–C–N with tert-alkyl or cyclic N) is 1. The summed E-state index contributed by atoms with van der Waals surface area (Å²) in [5.74, 6) is -1.08. The summed E-state index contributed by atoms with van der Waals surface area (Å²) < 4.78 is 31.5. The van der Waals surface area contributed by atoms with Crippen LogP contribution >= 0.6 is 0 Å². The number of benzene rings is 2. The van der Waals surface area contributed by atoms with E-state index in [9.17, 15) is 28.2 Å². The number of likely N-dealkylation sites (tertiary alicyclic amines) is 1. The molecule has 0 bridgehead atoms.